The fraction of sp³-hybridized carbons (Fsp3) is 0.194. The molecule has 1 unspecified atom stereocenters. The molecular weight excluding hydrogens is 527 g/mol. The number of ether oxygens (including phenoxy) is 3. The van der Waals surface area contributed by atoms with Gasteiger partial charge >= 0.3 is 0 Å². The number of rotatable bonds is 8. The first-order valence-electron chi connectivity index (χ1n) is 12.9. The van der Waals surface area contributed by atoms with E-state index >= 15 is 0 Å². The molecule has 2 aromatic carbocycles. The molecule has 2 aromatic heterocycles. The highest BCUT2D eigenvalue weighted by Crippen LogP contribution is 2.37. The van der Waals surface area contributed by atoms with Crippen molar-refractivity contribution in [2.45, 2.75) is 26.1 Å². The van der Waals surface area contributed by atoms with Crippen LogP contribution in [0.1, 0.15) is 19.4 Å². The summed E-state index contributed by atoms with van der Waals surface area (Å²) >= 11 is 0. The Labute approximate surface area is 236 Å². The first-order chi connectivity index (χ1) is 19.8. The van der Waals surface area contributed by atoms with Crippen molar-refractivity contribution in [1.29, 1.82) is 0 Å². The number of nitrogens with zero attached hydrogens (tertiary/aromatic N) is 3. The zero-order valence-electron chi connectivity index (χ0n) is 23.0. The number of benzene rings is 2. The SMILES string of the molecule is COc1cc2nccc(Oc3ccc(NC(=O)C4=CN(C(C)C)C(O)C(c5ccc(F)cc5)=C4)nc3)c2cc1OC. The summed E-state index contributed by atoms with van der Waals surface area (Å²) in [6, 6.07) is 14.3. The van der Waals surface area contributed by atoms with Gasteiger partial charge in [0.25, 0.3) is 5.91 Å². The van der Waals surface area contributed by atoms with Crippen molar-refractivity contribution in [2.24, 2.45) is 0 Å². The highest BCUT2D eigenvalue weighted by molar-refractivity contribution is 6.07. The van der Waals surface area contributed by atoms with E-state index in [1.54, 1.807) is 80.1 Å². The lowest BCUT2D eigenvalue weighted by atomic mass is 9.97. The summed E-state index contributed by atoms with van der Waals surface area (Å²) in [5.41, 5.74) is 2.09. The van der Waals surface area contributed by atoms with Crippen molar-refractivity contribution < 1.29 is 28.5 Å². The van der Waals surface area contributed by atoms with Gasteiger partial charge < -0.3 is 29.5 Å². The molecule has 0 saturated carbocycles. The fourth-order valence-corrected chi connectivity index (χ4v) is 4.47. The highest BCUT2D eigenvalue weighted by Gasteiger charge is 2.28. The first kappa shape index (κ1) is 27.6. The predicted octanol–water partition coefficient (Wildman–Crippen LogP) is 5.53. The first-order valence-corrected chi connectivity index (χ1v) is 12.9. The number of pyridine rings is 2. The Morgan fingerprint density at radius 2 is 1.73 bits per heavy atom. The Morgan fingerprint density at radius 1 is 1.00 bits per heavy atom. The maximum absolute atomic E-state index is 13.5. The molecular formula is C31H29FN4O5. The third-order valence-electron chi connectivity index (χ3n) is 6.61. The van der Waals surface area contributed by atoms with Gasteiger partial charge in [-0.25, -0.2) is 9.37 Å². The van der Waals surface area contributed by atoms with Crippen molar-refractivity contribution in [3.05, 3.63) is 96.2 Å². The molecule has 0 fully saturated rings. The van der Waals surface area contributed by atoms with E-state index in [2.05, 4.69) is 15.3 Å². The molecule has 0 aliphatic carbocycles. The van der Waals surface area contributed by atoms with Crippen LogP contribution in [0, 0.1) is 5.82 Å². The number of aliphatic hydroxyl groups excluding tert-OH is 1. The fourth-order valence-electron chi connectivity index (χ4n) is 4.47. The zero-order chi connectivity index (χ0) is 29.1. The second kappa shape index (κ2) is 11.6. The largest absolute Gasteiger partial charge is 0.493 e. The maximum Gasteiger partial charge on any atom is 0.258 e. The number of carbonyl (C=O) groups excluding carboxylic acids is 1. The quantitative estimate of drug-likeness (QED) is 0.292. The van der Waals surface area contributed by atoms with Crippen molar-refractivity contribution in [3.8, 4) is 23.0 Å². The van der Waals surface area contributed by atoms with E-state index in [9.17, 15) is 14.3 Å². The van der Waals surface area contributed by atoms with Crippen LogP contribution in [0.25, 0.3) is 16.5 Å². The summed E-state index contributed by atoms with van der Waals surface area (Å²) in [5.74, 6) is 1.63. The molecule has 1 aliphatic heterocycles. The summed E-state index contributed by atoms with van der Waals surface area (Å²) in [6.45, 7) is 3.81. The minimum Gasteiger partial charge on any atom is -0.493 e. The molecule has 0 radical (unpaired) electrons. The van der Waals surface area contributed by atoms with Crippen molar-refractivity contribution in [2.75, 3.05) is 19.5 Å². The summed E-state index contributed by atoms with van der Waals surface area (Å²) in [5, 5.41) is 14.4. The summed E-state index contributed by atoms with van der Waals surface area (Å²) in [4.78, 5) is 23.6. The van der Waals surface area contributed by atoms with Gasteiger partial charge in [-0.15, -0.1) is 0 Å². The van der Waals surface area contributed by atoms with Crippen LogP contribution in [0.4, 0.5) is 10.2 Å². The van der Waals surface area contributed by atoms with E-state index in [-0.39, 0.29) is 11.9 Å². The topological polar surface area (TPSA) is 106 Å². The number of amides is 1. The van der Waals surface area contributed by atoms with Crippen LogP contribution >= 0.6 is 0 Å². The zero-order valence-corrected chi connectivity index (χ0v) is 23.0. The van der Waals surface area contributed by atoms with Gasteiger partial charge in [-0.3, -0.25) is 9.78 Å². The van der Waals surface area contributed by atoms with Gasteiger partial charge in [0.1, 0.15) is 23.1 Å². The van der Waals surface area contributed by atoms with E-state index in [1.807, 2.05) is 13.8 Å². The minimum atomic E-state index is -0.989. The third-order valence-corrected chi connectivity index (χ3v) is 6.61. The van der Waals surface area contributed by atoms with Crippen LogP contribution in [0.3, 0.4) is 0 Å². The normalized spacial score (nSPS) is 14.9. The van der Waals surface area contributed by atoms with E-state index in [0.29, 0.717) is 51.0 Å². The van der Waals surface area contributed by atoms with Crippen LogP contribution in [0.2, 0.25) is 0 Å². The van der Waals surface area contributed by atoms with Crippen LogP contribution in [-0.4, -0.2) is 52.4 Å². The van der Waals surface area contributed by atoms with Crippen molar-refractivity contribution in [1.82, 2.24) is 14.9 Å². The van der Waals surface area contributed by atoms with Gasteiger partial charge in [0.05, 0.1) is 31.5 Å². The average Bonchev–Trinajstić information content (AvgIpc) is 2.98. The Kier molecular flexibility index (Phi) is 7.84. The van der Waals surface area contributed by atoms with Gasteiger partial charge in [-0.1, -0.05) is 12.1 Å². The Hall–Kier alpha value is -4.96. The highest BCUT2D eigenvalue weighted by atomic mass is 19.1. The predicted molar refractivity (Wildman–Crippen MR) is 153 cm³/mol. The molecule has 4 aromatic rings. The Bertz CT molecular complexity index is 1640. The molecule has 0 saturated heterocycles. The number of carbonyl (C=O) groups is 1. The molecule has 2 N–H and O–H groups in total. The molecule has 1 aliphatic rings. The smallest absolute Gasteiger partial charge is 0.258 e. The van der Waals surface area contributed by atoms with E-state index in [0.717, 1.165) is 5.39 Å². The number of anilines is 1. The lowest BCUT2D eigenvalue weighted by Crippen LogP contribution is -2.40. The van der Waals surface area contributed by atoms with Gasteiger partial charge in [-0.2, -0.15) is 0 Å². The van der Waals surface area contributed by atoms with E-state index < -0.39 is 12.1 Å². The molecule has 1 atom stereocenters. The van der Waals surface area contributed by atoms with Gasteiger partial charge in [-0.05, 0) is 61.9 Å². The molecule has 1 amide bonds. The molecule has 9 nitrogen and oxygen atoms in total. The monoisotopic (exact) mass is 556 g/mol. The van der Waals surface area contributed by atoms with Crippen molar-refractivity contribution in [3.63, 3.8) is 0 Å². The summed E-state index contributed by atoms with van der Waals surface area (Å²) in [7, 11) is 3.12. The van der Waals surface area contributed by atoms with Crippen molar-refractivity contribution >= 4 is 28.2 Å². The number of fused-ring (bicyclic) bond motifs is 1. The van der Waals surface area contributed by atoms with E-state index in [4.69, 9.17) is 14.2 Å². The second-order valence-electron chi connectivity index (χ2n) is 9.57. The molecule has 0 spiro atoms. The number of aromatic nitrogens is 2. The molecule has 3 heterocycles. The molecule has 210 valence electrons. The average molecular weight is 557 g/mol. The van der Waals surface area contributed by atoms with Crippen LogP contribution in [-0.2, 0) is 4.79 Å². The molecule has 5 rings (SSSR count). The number of halogens is 1. The van der Waals surface area contributed by atoms with Gasteiger partial charge in [0, 0.05) is 35.5 Å². The number of methoxy groups -OCH3 is 2. The van der Waals surface area contributed by atoms with Crippen LogP contribution in [0.15, 0.2) is 84.8 Å². The van der Waals surface area contributed by atoms with Gasteiger partial charge in [0.15, 0.2) is 17.7 Å². The lowest BCUT2D eigenvalue weighted by Gasteiger charge is -2.35. The molecule has 10 heteroatoms. The third kappa shape index (κ3) is 5.82. The molecule has 0 bridgehead atoms. The Morgan fingerprint density at radius 3 is 2.39 bits per heavy atom. The molecule has 41 heavy (non-hydrogen) atoms. The number of nitrogens with one attached hydrogen (secondary N) is 1. The van der Waals surface area contributed by atoms with Crippen LogP contribution < -0.4 is 19.5 Å². The lowest BCUT2D eigenvalue weighted by molar-refractivity contribution is -0.112. The number of aliphatic hydroxyl groups is 1. The number of hydrogen-bond donors (Lipinski definition) is 2. The second-order valence-corrected chi connectivity index (χ2v) is 9.57. The summed E-state index contributed by atoms with van der Waals surface area (Å²) in [6.07, 6.45) is 5.35. The van der Waals surface area contributed by atoms with E-state index in [1.165, 1.54) is 18.3 Å². The van der Waals surface area contributed by atoms with Gasteiger partial charge in [0.2, 0.25) is 0 Å². The standard InChI is InChI=1S/C31H29FN4O5/c1-18(2)36-17-20(13-23(31(36)38)19-5-7-21(32)8-6-19)30(37)35-29-10-9-22(16-34-29)41-26-11-12-33-25-15-28(40-4)27(39-3)14-24(25)26/h5-18,31,38H,1-4H3,(H,34,35,37). The summed E-state index contributed by atoms with van der Waals surface area (Å²) < 4.78 is 30.3. The minimum absolute atomic E-state index is 0.100. The maximum atomic E-state index is 13.5. The van der Waals surface area contributed by atoms with Crippen LogP contribution in [0.5, 0.6) is 23.0 Å². The Balaban J connectivity index is 1.35. The number of hydrogen-bond acceptors (Lipinski definition) is 8.